The van der Waals surface area contributed by atoms with Gasteiger partial charge in [-0.25, -0.2) is 8.42 Å². The molecule has 0 aliphatic carbocycles. The van der Waals surface area contributed by atoms with E-state index in [1.807, 2.05) is 0 Å². The molecule has 6 heteroatoms. The molecular weight excluding hydrogens is 262 g/mol. The van der Waals surface area contributed by atoms with Gasteiger partial charge >= 0.3 is 0 Å². The second-order valence-electron chi connectivity index (χ2n) is 6.17. The minimum atomic E-state index is -3.02. The molecule has 1 aliphatic rings. The highest BCUT2D eigenvalue weighted by atomic mass is 32.2. The monoisotopic (exact) mass is 291 g/mol. The van der Waals surface area contributed by atoms with Crippen molar-refractivity contribution in [3.05, 3.63) is 0 Å². The third kappa shape index (κ3) is 5.38. The standard InChI is InChI=1S/C13H29N3O2S/c1-6-13(3,4)14-11-12(2)15-7-9-16(10-8-15)19(5,17)18/h12,14H,6-11H2,1-5H3. The summed E-state index contributed by atoms with van der Waals surface area (Å²) >= 11 is 0. The molecule has 1 N–H and O–H groups in total. The van der Waals surface area contributed by atoms with E-state index in [2.05, 4.69) is 37.9 Å². The number of nitrogens with one attached hydrogen (secondary N) is 1. The van der Waals surface area contributed by atoms with E-state index in [-0.39, 0.29) is 5.54 Å². The van der Waals surface area contributed by atoms with Gasteiger partial charge in [-0.3, -0.25) is 4.90 Å². The van der Waals surface area contributed by atoms with Gasteiger partial charge < -0.3 is 5.32 Å². The molecule has 19 heavy (non-hydrogen) atoms. The molecule has 0 amide bonds. The molecule has 1 atom stereocenters. The zero-order chi connectivity index (χ0) is 14.7. The van der Waals surface area contributed by atoms with Crippen molar-refractivity contribution in [3.8, 4) is 0 Å². The molecule has 0 saturated carbocycles. The molecule has 0 bridgehead atoms. The summed E-state index contributed by atoms with van der Waals surface area (Å²) in [6, 6.07) is 0.438. The first-order valence-electron chi connectivity index (χ1n) is 7.10. The van der Waals surface area contributed by atoms with Crippen LogP contribution in [0.25, 0.3) is 0 Å². The molecule has 0 aromatic heterocycles. The third-order valence-electron chi connectivity index (χ3n) is 4.13. The highest BCUT2D eigenvalue weighted by molar-refractivity contribution is 7.88. The van der Waals surface area contributed by atoms with Crippen molar-refractivity contribution in [3.63, 3.8) is 0 Å². The minimum absolute atomic E-state index is 0.169. The first-order chi connectivity index (χ1) is 8.65. The molecule has 1 saturated heterocycles. The molecule has 5 nitrogen and oxygen atoms in total. The zero-order valence-electron chi connectivity index (χ0n) is 12.9. The Bertz CT molecular complexity index is 373. The number of sulfonamides is 1. The van der Waals surface area contributed by atoms with Gasteiger partial charge in [0.05, 0.1) is 6.26 Å². The number of piperazine rings is 1. The summed E-state index contributed by atoms with van der Waals surface area (Å²) in [4.78, 5) is 2.36. The Labute approximate surface area is 118 Å². The van der Waals surface area contributed by atoms with Crippen molar-refractivity contribution in [1.29, 1.82) is 0 Å². The molecule has 1 rings (SSSR count). The van der Waals surface area contributed by atoms with Gasteiger partial charge in [0.25, 0.3) is 0 Å². The number of hydrogen-bond acceptors (Lipinski definition) is 4. The smallest absolute Gasteiger partial charge is 0.211 e. The van der Waals surface area contributed by atoms with Gasteiger partial charge in [0, 0.05) is 44.3 Å². The Hall–Kier alpha value is -0.170. The van der Waals surface area contributed by atoms with Crippen LogP contribution in [0.2, 0.25) is 0 Å². The topological polar surface area (TPSA) is 52.6 Å². The predicted octanol–water partition coefficient (Wildman–Crippen LogP) is 0.730. The van der Waals surface area contributed by atoms with Gasteiger partial charge in [0.2, 0.25) is 10.0 Å². The van der Waals surface area contributed by atoms with Crippen LogP contribution in [0, 0.1) is 0 Å². The summed E-state index contributed by atoms with van der Waals surface area (Å²) in [7, 11) is -3.02. The van der Waals surface area contributed by atoms with Crippen molar-refractivity contribution in [2.45, 2.75) is 45.7 Å². The molecule has 114 valence electrons. The summed E-state index contributed by atoms with van der Waals surface area (Å²) in [5.74, 6) is 0. The quantitative estimate of drug-likeness (QED) is 0.784. The number of nitrogens with zero attached hydrogens (tertiary/aromatic N) is 2. The van der Waals surface area contributed by atoms with E-state index in [0.29, 0.717) is 19.1 Å². The predicted molar refractivity (Wildman–Crippen MR) is 79.8 cm³/mol. The van der Waals surface area contributed by atoms with Gasteiger partial charge in [0.1, 0.15) is 0 Å². The maximum absolute atomic E-state index is 11.5. The molecule has 0 radical (unpaired) electrons. The maximum Gasteiger partial charge on any atom is 0.211 e. The van der Waals surface area contributed by atoms with Crippen LogP contribution in [0.5, 0.6) is 0 Å². The number of rotatable bonds is 6. The van der Waals surface area contributed by atoms with E-state index in [0.717, 1.165) is 26.1 Å². The summed E-state index contributed by atoms with van der Waals surface area (Å²) in [6.45, 7) is 12.6. The van der Waals surface area contributed by atoms with Crippen LogP contribution in [-0.4, -0.2) is 68.2 Å². The largest absolute Gasteiger partial charge is 0.310 e. The van der Waals surface area contributed by atoms with Crippen LogP contribution in [0.15, 0.2) is 0 Å². The van der Waals surface area contributed by atoms with Gasteiger partial charge in [-0.15, -0.1) is 0 Å². The zero-order valence-corrected chi connectivity index (χ0v) is 13.8. The number of hydrogen-bond donors (Lipinski definition) is 1. The molecular formula is C13H29N3O2S. The fourth-order valence-electron chi connectivity index (χ4n) is 2.15. The second-order valence-corrected chi connectivity index (χ2v) is 8.15. The molecule has 1 fully saturated rings. The van der Waals surface area contributed by atoms with Crippen molar-refractivity contribution in [1.82, 2.24) is 14.5 Å². The van der Waals surface area contributed by atoms with Crippen LogP contribution < -0.4 is 5.32 Å². The average Bonchev–Trinajstić information content (AvgIpc) is 2.35. The normalized spacial score (nSPS) is 21.5. The van der Waals surface area contributed by atoms with Gasteiger partial charge in [-0.1, -0.05) is 6.92 Å². The summed E-state index contributed by atoms with van der Waals surface area (Å²) in [5, 5.41) is 3.57. The average molecular weight is 291 g/mol. The van der Waals surface area contributed by atoms with E-state index in [1.165, 1.54) is 6.26 Å². The summed E-state index contributed by atoms with van der Waals surface area (Å²) in [6.07, 6.45) is 2.39. The van der Waals surface area contributed by atoms with Gasteiger partial charge in [0.15, 0.2) is 0 Å². The lowest BCUT2D eigenvalue weighted by molar-refractivity contribution is 0.138. The van der Waals surface area contributed by atoms with Crippen molar-refractivity contribution in [2.24, 2.45) is 0 Å². The van der Waals surface area contributed by atoms with Crippen LogP contribution >= 0.6 is 0 Å². The van der Waals surface area contributed by atoms with E-state index in [4.69, 9.17) is 0 Å². The van der Waals surface area contributed by atoms with Gasteiger partial charge in [-0.05, 0) is 27.2 Å². The van der Waals surface area contributed by atoms with E-state index in [1.54, 1.807) is 4.31 Å². The highest BCUT2D eigenvalue weighted by Gasteiger charge is 2.26. The molecule has 1 heterocycles. The summed E-state index contributed by atoms with van der Waals surface area (Å²) in [5.41, 5.74) is 0.169. The second kappa shape index (κ2) is 6.52. The maximum atomic E-state index is 11.5. The van der Waals surface area contributed by atoms with E-state index >= 15 is 0 Å². The molecule has 0 aromatic rings. The lowest BCUT2D eigenvalue weighted by Crippen LogP contribution is -2.54. The van der Waals surface area contributed by atoms with Crippen LogP contribution in [0.4, 0.5) is 0 Å². The molecule has 0 aromatic carbocycles. The Morgan fingerprint density at radius 1 is 1.21 bits per heavy atom. The van der Waals surface area contributed by atoms with Crippen LogP contribution in [0.1, 0.15) is 34.1 Å². The van der Waals surface area contributed by atoms with E-state index in [9.17, 15) is 8.42 Å². The molecule has 1 aliphatic heterocycles. The molecule has 1 unspecified atom stereocenters. The van der Waals surface area contributed by atoms with E-state index < -0.39 is 10.0 Å². The van der Waals surface area contributed by atoms with Gasteiger partial charge in [-0.2, -0.15) is 4.31 Å². The SMILES string of the molecule is CCC(C)(C)NCC(C)N1CCN(S(C)(=O)=O)CC1. The Morgan fingerprint density at radius 3 is 2.16 bits per heavy atom. The first-order valence-corrected chi connectivity index (χ1v) is 8.95. The van der Waals surface area contributed by atoms with Crippen LogP contribution in [-0.2, 0) is 10.0 Å². The Kier molecular flexibility index (Phi) is 5.79. The molecule has 0 spiro atoms. The Balaban J connectivity index is 2.39. The van der Waals surface area contributed by atoms with Crippen molar-refractivity contribution in [2.75, 3.05) is 39.0 Å². The highest BCUT2D eigenvalue weighted by Crippen LogP contribution is 2.11. The first kappa shape index (κ1) is 16.9. The fraction of sp³-hybridized carbons (Fsp3) is 1.00. The Morgan fingerprint density at radius 2 is 1.74 bits per heavy atom. The minimum Gasteiger partial charge on any atom is -0.310 e. The lowest BCUT2D eigenvalue weighted by Gasteiger charge is -2.38. The lowest BCUT2D eigenvalue weighted by atomic mass is 10.0. The third-order valence-corrected chi connectivity index (χ3v) is 5.43. The van der Waals surface area contributed by atoms with Crippen LogP contribution in [0.3, 0.4) is 0 Å². The summed E-state index contributed by atoms with van der Waals surface area (Å²) < 4.78 is 24.5. The van der Waals surface area contributed by atoms with Crippen molar-refractivity contribution >= 4 is 10.0 Å². The van der Waals surface area contributed by atoms with Crippen molar-refractivity contribution < 1.29 is 8.42 Å². The fourth-order valence-corrected chi connectivity index (χ4v) is 2.98.